The van der Waals surface area contributed by atoms with Gasteiger partial charge in [-0.25, -0.2) is 4.98 Å². The highest BCUT2D eigenvalue weighted by molar-refractivity contribution is 7.10. The first-order valence-corrected chi connectivity index (χ1v) is 10.2. The molecule has 1 saturated carbocycles. The average molecular weight is 388 g/mol. The molecule has 0 saturated heterocycles. The molecule has 2 amide bonds. The summed E-state index contributed by atoms with van der Waals surface area (Å²) in [4.78, 5) is 29.2. The number of thiophene rings is 1. The van der Waals surface area contributed by atoms with Crippen molar-refractivity contribution in [2.45, 2.75) is 57.7 Å². The number of nitrogens with zero attached hydrogens (tertiary/aromatic N) is 1. The molecule has 0 aliphatic heterocycles. The Kier molecular flexibility index (Phi) is 6.81. The maximum atomic E-state index is 12.4. The molecular formula is C20H25N3O3S. The third-order valence-corrected chi connectivity index (χ3v) is 5.55. The van der Waals surface area contributed by atoms with E-state index in [4.69, 9.17) is 4.74 Å². The molecule has 1 aliphatic carbocycles. The summed E-state index contributed by atoms with van der Waals surface area (Å²) in [6, 6.07) is 7.28. The Morgan fingerprint density at radius 3 is 2.81 bits per heavy atom. The number of nitrogens with one attached hydrogen (secondary N) is 2. The standard InChI is InChI=1S/C20H25N3O3S/c1-14(24)23-17(18-9-5-11-27-18)12-19(25)22-13-15-6-4-10-21-20(15)26-16-7-2-3-8-16/h4-6,9-11,16-17H,2-3,7-8,12-13H2,1H3,(H,22,25)(H,23,24). The molecule has 2 aromatic heterocycles. The molecule has 7 heteroatoms. The van der Waals surface area contributed by atoms with Crippen LogP contribution in [0.15, 0.2) is 35.8 Å². The van der Waals surface area contributed by atoms with E-state index in [1.54, 1.807) is 6.20 Å². The molecule has 0 spiro atoms. The van der Waals surface area contributed by atoms with Crippen molar-refractivity contribution in [1.29, 1.82) is 0 Å². The molecule has 3 rings (SSSR count). The quantitative estimate of drug-likeness (QED) is 0.728. The molecule has 1 fully saturated rings. The van der Waals surface area contributed by atoms with E-state index >= 15 is 0 Å². The van der Waals surface area contributed by atoms with Gasteiger partial charge in [0.1, 0.15) is 6.10 Å². The smallest absolute Gasteiger partial charge is 0.222 e. The first-order chi connectivity index (χ1) is 13.1. The first kappa shape index (κ1) is 19.4. The summed E-state index contributed by atoms with van der Waals surface area (Å²) in [5.41, 5.74) is 0.866. The lowest BCUT2D eigenvalue weighted by Gasteiger charge is -2.17. The van der Waals surface area contributed by atoms with Crippen LogP contribution in [0.3, 0.4) is 0 Å². The summed E-state index contributed by atoms with van der Waals surface area (Å²) in [5, 5.41) is 7.70. The molecular weight excluding hydrogens is 362 g/mol. The summed E-state index contributed by atoms with van der Waals surface area (Å²) >= 11 is 1.52. The molecule has 1 atom stereocenters. The molecule has 2 N–H and O–H groups in total. The van der Waals surface area contributed by atoms with Crippen molar-refractivity contribution in [2.75, 3.05) is 0 Å². The molecule has 0 bridgehead atoms. The molecule has 144 valence electrons. The minimum atomic E-state index is -0.314. The van der Waals surface area contributed by atoms with Crippen molar-refractivity contribution in [2.24, 2.45) is 0 Å². The summed E-state index contributed by atoms with van der Waals surface area (Å²) < 4.78 is 6.01. The summed E-state index contributed by atoms with van der Waals surface area (Å²) in [7, 11) is 0. The fraction of sp³-hybridized carbons (Fsp3) is 0.450. The normalized spacial score (nSPS) is 15.3. The van der Waals surface area contributed by atoms with Gasteiger partial charge in [-0.05, 0) is 43.2 Å². The Morgan fingerprint density at radius 1 is 1.30 bits per heavy atom. The maximum Gasteiger partial charge on any atom is 0.222 e. The van der Waals surface area contributed by atoms with E-state index in [1.807, 2.05) is 29.6 Å². The number of hydrogen-bond acceptors (Lipinski definition) is 5. The van der Waals surface area contributed by atoms with Crippen molar-refractivity contribution < 1.29 is 14.3 Å². The largest absolute Gasteiger partial charge is 0.474 e. The molecule has 1 unspecified atom stereocenters. The average Bonchev–Trinajstić information content (AvgIpc) is 3.34. The molecule has 27 heavy (non-hydrogen) atoms. The van der Waals surface area contributed by atoms with Gasteiger partial charge in [0.05, 0.1) is 12.5 Å². The van der Waals surface area contributed by atoms with Crippen LogP contribution in [0, 0.1) is 0 Å². The highest BCUT2D eigenvalue weighted by Crippen LogP contribution is 2.25. The van der Waals surface area contributed by atoms with Gasteiger partial charge >= 0.3 is 0 Å². The van der Waals surface area contributed by atoms with Gasteiger partial charge in [-0.15, -0.1) is 11.3 Å². The van der Waals surface area contributed by atoms with Crippen LogP contribution in [0.5, 0.6) is 5.88 Å². The number of carbonyl (C=O) groups excluding carboxylic acids is 2. The molecule has 1 aliphatic rings. The maximum absolute atomic E-state index is 12.4. The van der Waals surface area contributed by atoms with Crippen LogP contribution in [0.4, 0.5) is 0 Å². The molecule has 2 aromatic rings. The monoisotopic (exact) mass is 387 g/mol. The predicted octanol–water partition coefficient (Wildman–Crippen LogP) is 3.35. The van der Waals surface area contributed by atoms with Crippen LogP contribution in [0.1, 0.15) is 55.5 Å². The number of pyridine rings is 1. The van der Waals surface area contributed by atoms with Gasteiger partial charge in [0.2, 0.25) is 17.7 Å². The molecule has 0 radical (unpaired) electrons. The number of aromatic nitrogens is 1. The van der Waals surface area contributed by atoms with E-state index in [0.29, 0.717) is 12.4 Å². The van der Waals surface area contributed by atoms with Crippen LogP contribution in [0.2, 0.25) is 0 Å². The van der Waals surface area contributed by atoms with Gasteiger partial charge in [-0.1, -0.05) is 12.1 Å². The van der Waals surface area contributed by atoms with Crippen LogP contribution in [-0.4, -0.2) is 22.9 Å². The second-order valence-electron chi connectivity index (χ2n) is 6.74. The topological polar surface area (TPSA) is 80.3 Å². The van der Waals surface area contributed by atoms with E-state index < -0.39 is 0 Å². The lowest BCUT2D eigenvalue weighted by atomic mass is 10.1. The Balaban J connectivity index is 1.57. The zero-order chi connectivity index (χ0) is 19.1. The van der Waals surface area contributed by atoms with E-state index in [1.165, 1.54) is 31.1 Å². The van der Waals surface area contributed by atoms with E-state index in [2.05, 4.69) is 15.6 Å². The minimum absolute atomic E-state index is 0.127. The van der Waals surface area contributed by atoms with Crippen LogP contribution >= 0.6 is 11.3 Å². The summed E-state index contributed by atoms with van der Waals surface area (Å²) in [6.07, 6.45) is 6.62. The second-order valence-corrected chi connectivity index (χ2v) is 7.72. The zero-order valence-electron chi connectivity index (χ0n) is 15.4. The fourth-order valence-corrected chi connectivity index (χ4v) is 4.02. The van der Waals surface area contributed by atoms with Crippen molar-refractivity contribution in [3.63, 3.8) is 0 Å². The molecule has 0 aromatic carbocycles. The highest BCUT2D eigenvalue weighted by atomic mass is 32.1. The van der Waals surface area contributed by atoms with Crippen LogP contribution in [-0.2, 0) is 16.1 Å². The van der Waals surface area contributed by atoms with Gasteiger partial charge < -0.3 is 15.4 Å². The van der Waals surface area contributed by atoms with Crippen molar-refractivity contribution in [3.05, 3.63) is 46.3 Å². The van der Waals surface area contributed by atoms with E-state index in [0.717, 1.165) is 23.3 Å². The Bertz CT molecular complexity index is 758. The van der Waals surface area contributed by atoms with Crippen LogP contribution in [0.25, 0.3) is 0 Å². The number of rotatable bonds is 8. The Morgan fingerprint density at radius 2 is 2.11 bits per heavy atom. The summed E-state index contributed by atoms with van der Waals surface area (Å²) in [6.45, 7) is 1.81. The molecule has 6 nitrogen and oxygen atoms in total. The van der Waals surface area contributed by atoms with Crippen molar-refractivity contribution in [3.8, 4) is 5.88 Å². The zero-order valence-corrected chi connectivity index (χ0v) is 16.3. The van der Waals surface area contributed by atoms with Gasteiger partial charge in [-0.2, -0.15) is 0 Å². The van der Waals surface area contributed by atoms with E-state index in [9.17, 15) is 9.59 Å². The predicted molar refractivity (Wildman–Crippen MR) is 104 cm³/mol. The third-order valence-electron chi connectivity index (χ3n) is 4.56. The lowest BCUT2D eigenvalue weighted by molar-refractivity contribution is -0.122. The SMILES string of the molecule is CC(=O)NC(CC(=O)NCc1cccnc1OC1CCCC1)c1cccs1. The lowest BCUT2D eigenvalue weighted by Crippen LogP contribution is -2.32. The third kappa shape index (κ3) is 5.79. The number of ether oxygens (including phenoxy) is 1. The summed E-state index contributed by atoms with van der Waals surface area (Å²) in [5.74, 6) is 0.319. The van der Waals surface area contributed by atoms with E-state index in [-0.39, 0.29) is 30.4 Å². The van der Waals surface area contributed by atoms with Gasteiger partial charge in [0.25, 0.3) is 0 Å². The number of carbonyl (C=O) groups is 2. The van der Waals surface area contributed by atoms with Crippen molar-refractivity contribution >= 4 is 23.2 Å². The first-order valence-electron chi connectivity index (χ1n) is 9.29. The molecule has 2 heterocycles. The van der Waals surface area contributed by atoms with Gasteiger partial charge in [0.15, 0.2) is 0 Å². The minimum Gasteiger partial charge on any atom is -0.474 e. The highest BCUT2D eigenvalue weighted by Gasteiger charge is 2.20. The number of amides is 2. The van der Waals surface area contributed by atoms with Crippen molar-refractivity contribution in [1.82, 2.24) is 15.6 Å². The number of hydrogen-bond donors (Lipinski definition) is 2. The van der Waals surface area contributed by atoms with Crippen LogP contribution < -0.4 is 15.4 Å². The van der Waals surface area contributed by atoms with Gasteiger partial charge in [-0.3, -0.25) is 9.59 Å². The second kappa shape index (κ2) is 9.50. The Labute approximate surface area is 163 Å². The fourth-order valence-electron chi connectivity index (χ4n) is 3.24. The Hall–Kier alpha value is -2.41. The van der Waals surface area contributed by atoms with Gasteiger partial charge in [0, 0.05) is 30.1 Å².